The summed E-state index contributed by atoms with van der Waals surface area (Å²) in [7, 11) is 1.95. The van der Waals surface area contributed by atoms with Crippen LogP contribution in [0.5, 0.6) is 0 Å². The maximum absolute atomic E-state index is 12.6. The number of likely N-dealkylation sites (N-methyl/N-ethyl adjacent to an activating group) is 1. The van der Waals surface area contributed by atoms with Crippen LogP contribution in [-0.4, -0.2) is 66.8 Å². The Kier molecular flexibility index (Phi) is 8.44. The lowest BCUT2D eigenvalue weighted by molar-refractivity contribution is 0.0988. The lowest BCUT2D eigenvalue weighted by atomic mass is 10.1. The van der Waals surface area contributed by atoms with Gasteiger partial charge in [0.1, 0.15) is 5.56 Å². The number of carbonyl (C=O) groups is 1. The van der Waals surface area contributed by atoms with Crippen LogP contribution >= 0.6 is 0 Å². The molecule has 0 spiro atoms. The minimum absolute atomic E-state index is 0.161. The molecule has 0 aliphatic heterocycles. The van der Waals surface area contributed by atoms with E-state index < -0.39 is 0 Å². The van der Waals surface area contributed by atoms with Gasteiger partial charge in [-0.25, -0.2) is 4.68 Å². The van der Waals surface area contributed by atoms with Gasteiger partial charge >= 0.3 is 0 Å². The summed E-state index contributed by atoms with van der Waals surface area (Å²) >= 11 is 0. The molecule has 0 radical (unpaired) electrons. The third kappa shape index (κ3) is 5.89. The van der Waals surface area contributed by atoms with Crippen molar-refractivity contribution in [3.8, 4) is 5.69 Å². The molecule has 7 nitrogen and oxygen atoms in total. The molecule has 0 aliphatic rings. The normalized spacial score (nSPS) is 11.3. The fourth-order valence-electron chi connectivity index (χ4n) is 3.08. The van der Waals surface area contributed by atoms with Crippen molar-refractivity contribution < 1.29 is 4.79 Å². The van der Waals surface area contributed by atoms with E-state index in [-0.39, 0.29) is 23.5 Å². The second kappa shape index (κ2) is 10.8. The summed E-state index contributed by atoms with van der Waals surface area (Å²) in [6.45, 7) is 8.64. The molecule has 0 saturated heterocycles. The number of hydrogen-bond acceptors (Lipinski definition) is 5. The molecule has 148 valence electrons. The Morgan fingerprint density at radius 1 is 1.15 bits per heavy atom. The molecule has 3 N–H and O–H groups in total. The highest BCUT2D eigenvalue weighted by atomic mass is 16.2. The first-order valence-electron chi connectivity index (χ1n) is 9.56. The zero-order valence-electron chi connectivity index (χ0n) is 16.5. The first-order chi connectivity index (χ1) is 13.1. The van der Waals surface area contributed by atoms with Crippen LogP contribution in [0.2, 0.25) is 0 Å². The summed E-state index contributed by atoms with van der Waals surface area (Å²) in [5.41, 5.74) is 1.24. The van der Waals surface area contributed by atoms with E-state index in [1.165, 1.54) is 4.68 Å². The lowest BCUT2D eigenvalue weighted by Gasteiger charge is -2.21. The van der Waals surface area contributed by atoms with E-state index in [0.717, 1.165) is 38.3 Å². The van der Waals surface area contributed by atoms with Gasteiger partial charge in [0.15, 0.2) is 5.78 Å². The van der Waals surface area contributed by atoms with Crippen LogP contribution in [0.3, 0.4) is 0 Å². The molecule has 2 aromatic rings. The largest absolute Gasteiger partial charge is 0.318 e. The summed E-state index contributed by atoms with van der Waals surface area (Å²) in [5, 5.41) is 9.34. The molecule has 2 rings (SSSR count). The number of ketones is 1. The van der Waals surface area contributed by atoms with Gasteiger partial charge in [-0.2, -0.15) is 0 Å². The van der Waals surface area contributed by atoms with Crippen molar-refractivity contribution >= 4 is 5.78 Å². The Morgan fingerprint density at radius 2 is 1.85 bits per heavy atom. The van der Waals surface area contributed by atoms with Crippen molar-refractivity contribution in [3.63, 3.8) is 0 Å². The number of para-hydroxylation sites is 1. The van der Waals surface area contributed by atoms with Crippen LogP contribution in [0.1, 0.15) is 29.4 Å². The number of aryl methyl sites for hydroxylation is 1. The van der Waals surface area contributed by atoms with E-state index in [2.05, 4.69) is 27.6 Å². The zero-order valence-corrected chi connectivity index (χ0v) is 16.5. The Hall–Kier alpha value is -2.22. The molecule has 0 unspecified atom stereocenters. The monoisotopic (exact) mass is 373 g/mol. The second-order valence-electron chi connectivity index (χ2n) is 6.63. The highest BCUT2D eigenvalue weighted by molar-refractivity contribution is 5.98. The van der Waals surface area contributed by atoms with Gasteiger partial charge in [0, 0.05) is 31.9 Å². The molecule has 0 atom stereocenters. The standard InChI is InChI=1S/C20H31N5O2/c1-4-12-24(13-10-21-3)14-11-22-15-18(26)19-16(2)23-25(20(19)27)17-8-6-5-7-9-17/h5-9,21-23H,4,10-15H2,1-3H3. The topological polar surface area (TPSA) is 82.2 Å². The molecule has 0 amide bonds. The van der Waals surface area contributed by atoms with Crippen molar-refractivity contribution in [2.75, 3.05) is 46.3 Å². The number of benzene rings is 1. The predicted molar refractivity (Wildman–Crippen MR) is 109 cm³/mol. The van der Waals surface area contributed by atoms with Gasteiger partial charge in [-0.15, -0.1) is 0 Å². The Morgan fingerprint density at radius 3 is 2.52 bits per heavy atom. The van der Waals surface area contributed by atoms with Crippen molar-refractivity contribution in [3.05, 3.63) is 51.9 Å². The Bertz CT molecular complexity index is 766. The number of aromatic nitrogens is 2. The van der Waals surface area contributed by atoms with Gasteiger partial charge < -0.3 is 15.5 Å². The van der Waals surface area contributed by atoms with Crippen LogP contribution in [-0.2, 0) is 0 Å². The molecular weight excluding hydrogens is 342 g/mol. The zero-order chi connectivity index (χ0) is 19.6. The van der Waals surface area contributed by atoms with Gasteiger partial charge in [-0.3, -0.25) is 14.7 Å². The number of H-pyrrole nitrogens is 1. The van der Waals surface area contributed by atoms with Gasteiger partial charge in [-0.1, -0.05) is 25.1 Å². The van der Waals surface area contributed by atoms with E-state index in [1.54, 1.807) is 6.92 Å². The average molecular weight is 374 g/mol. The molecule has 7 heteroatoms. The molecule has 1 aromatic carbocycles. The number of nitrogens with zero attached hydrogens (tertiary/aromatic N) is 2. The summed E-state index contributed by atoms with van der Waals surface area (Å²) in [6.07, 6.45) is 1.10. The Labute approximate surface area is 160 Å². The van der Waals surface area contributed by atoms with Crippen LogP contribution in [0.4, 0.5) is 0 Å². The van der Waals surface area contributed by atoms with E-state index in [9.17, 15) is 9.59 Å². The van der Waals surface area contributed by atoms with E-state index in [4.69, 9.17) is 0 Å². The molecular formula is C20H31N5O2. The van der Waals surface area contributed by atoms with E-state index in [0.29, 0.717) is 12.2 Å². The van der Waals surface area contributed by atoms with Gasteiger partial charge in [0.2, 0.25) is 0 Å². The quantitative estimate of drug-likeness (QED) is 0.384. The first-order valence-corrected chi connectivity index (χ1v) is 9.56. The SMILES string of the molecule is CCCN(CCNC)CCNCC(=O)c1c(C)[nH]n(-c2ccccc2)c1=O. The first kappa shape index (κ1) is 21.1. The number of hydrogen-bond donors (Lipinski definition) is 3. The van der Waals surface area contributed by atoms with Crippen molar-refractivity contribution in [1.29, 1.82) is 0 Å². The minimum Gasteiger partial charge on any atom is -0.318 e. The summed E-state index contributed by atoms with van der Waals surface area (Å²) in [5.74, 6) is -0.180. The molecule has 0 aliphatic carbocycles. The maximum atomic E-state index is 12.6. The maximum Gasteiger partial charge on any atom is 0.282 e. The van der Waals surface area contributed by atoms with E-state index in [1.807, 2.05) is 37.4 Å². The fourth-order valence-corrected chi connectivity index (χ4v) is 3.08. The summed E-state index contributed by atoms with van der Waals surface area (Å²) in [4.78, 5) is 27.6. The fraction of sp³-hybridized carbons (Fsp3) is 0.500. The summed E-state index contributed by atoms with van der Waals surface area (Å²) < 4.78 is 1.42. The molecule has 0 bridgehead atoms. The highest BCUT2D eigenvalue weighted by Gasteiger charge is 2.19. The molecule has 0 fully saturated rings. The van der Waals surface area contributed by atoms with Crippen LogP contribution < -0.4 is 16.2 Å². The van der Waals surface area contributed by atoms with Crippen LogP contribution in [0.15, 0.2) is 35.1 Å². The smallest absolute Gasteiger partial charge is 0.282 e. The lowest BCUT2D eigenvalue weighted by Crippen LogP contribution is -2.38. The third-order valence-electron chi connectivity index (χ3n) is 4.47. The second-order valence-corrected chi connectivity index (χ2v) is 6.63. The number of carbonyl (C=O) groups excluding carboxylic acids is 1. The van der Waals surface area contributed by atoms with Crippen LogP contribution in [0.25, 0.3) is 5.69 Å². The minimum atomic E-state index is -0.299. The van der Waals surface area contributed by atoms with E-state index >= 15 is 0 Å². The van der Waals surface area contributed by atoms with Crippen molar-refractivity contribution in [2.45, 2.75) is 20.3 Å². The van der Waals surface area contributed by atoms with Gasteiger partial charge in [0.25, 0.3) is 5.56 Å². The number of nitrogens with one attached hydrogen (secondary N) is 3. The third-order valence-corrected chi connectivity index (χ3v) is 4.47. The van der Waals surface area contributed by atoms with Gasteiger partial charge in [-0.05, 0) is 39.1 Å². The summed E-state index contributed by atoms with van der Waals surface area (Å²) in [6, 6.07) is 9.27. The molecule has 0 saturated carbocycles. The van der Waals surface area contributed by atoms with Crippen LogP contribution in [0, 0.1) is 6.92 Å². The van der Waals surface area contributed by atoms with Crippen molar-refractivity contribution in [2.24, 2.45) is 0 Å². The average Bonchev–Trinajstić information content (AvgIpc) is 2.98. The number of aromatic amines is 1. The van der Waals surface area contributed by atoms with Gasteiger partial charge in [0.05, 0.1) is 12.2 Å². The predicted octanol–water partition coefficient (Wildman–Crippen LogP) is 1.18. The molecule has 27 heavy (non-hydrogen) atoms. The van der Waals surface area contributed by atoms with Crippen molar-refractivity contribution in [1.82, 2.24) is 25.3 Å². The highest BCUT2D eigenvalue weighted by Crippen LogP contribution is 2.07. The Balaban J connectivity index is 1.93. The number of Topliss-reactive ketones (excluding diaryl/α,β-unsaturated/α-hetero) is 1. The number of rotatable bonds is 12. The molecule has 1 heterocycles. The molecule has 1 aromatic heterocycles.